The van der Waals surface area contributed by atoms with Gasteiger partial charge in [-0.15, -0.1) is 0 Å². The van der Waals surface area contributed by atoms with Crippen LogP contribution in [0.15, 0.2) is 177 Å². The van der Waals surface area contributed by atoms with E-state index in [2.05, 4.69) is 79.3 Å². The van der Waals surface area contributed by atoms with Crippen molar-refractivity contribution in [3.8, 4) is 86.1 Å². The number of nitrogens with one attached hydrogen (secondary N) is 6. The van der Waals surface area contributed by atoms with Crippen molar-refractivity contribution < 1.29 is 4.79 Å². The second-order valence-corrected chi connectivity index (χ2v) is 26.2. The highest BCUT2D eigenvalue weighted by atomic mass is 35.5. The predicted octanol–water partition coefficient (Wildman–Crippen LogP) is 14.5. The van der Waals surface area contributed by atoms with Gasteiger partial charge in [-0.1, -0.05) is 70.7 Å². The molecule has 6 N–H and O–H groups in total. The van der Waals surface area contributed by atoms with Crippen LogP contribution in [0.2, 0.25) is 15.1 Å². The van der Waals surface area contributed by atoms with Crippen LogP contribution in [0, 0.1) is 40.9 Å². The van der Waals surface area contributed by atoms with Crippen molar-refractivity contribution in [3.05, 3.63) is 215 Å². The lowest BCUT2D eigenvalue weighted by atomic mass is 10.0. The van der Waals surface area contributed by atoms with Gasteiger partial charge in [-0.2, -0.15) is 31.1 Å². The maximum absolute atomic E-state index is 12.3. The summed E-state index contributed by atoms with van der Waals surface area (Å²) < 4.78 is 5.12. The van der Waals surface area contributed by atoms with E-state index < -0.39 is 0 Å². The number of amides is 1. The molecule has 532 valence electrons. The molecule has 26 nitrogen and oxygen atoms in total. The van der Waals surface area contributed by atoms with Gasteiger partial charge in [-0.05, 0) is 136 Å². The highest BCUT2D eigenvalue weighted by Crippen LogP contribution is 2.38. The Labute approximate surface area is 630 Å². The third-order valence-electron chi connectivity index (χ3n) is 16.9. The molecule has 1 amide bonds. The topological polar surface area (TPSA) is 343 Å². The molecule has 29 heteroatoms. The third-order valence-corrected chi connectivity index (χ3v) is 17.8. The van der Waals surface area contributed by atoms with Gasteiger partial charge >= 0.3 is 0 Å². The van der Waals surface area contributed by atoms with Crippen molar-refractivity contribution in [2.24, 2.45) is 21.1 Å². The molecule has 107 heavy (non-hydrogen) atoms. The Morgan fingerprint density at radius 2 is 0.944 bits per heavy atom. The van der Waals surface area contributed by atoms with Crippen LogP contribution >= 0.6 is 34.8 Å². The van der Waals surface area contributed by atoms with Gasteiger partial charge < -0.3 is 31.9 Å². The fourth-order valence-corrected chi connectivity index (χ4v) is 12.3. The molecule has 1 aliphatic carbocycles. The first kappa shape index (κ1) is 72.5. The SMILES string of the molecule is Cc1ccc(NC(=O)CCNc2cnc(-c3cc(Cl)c4ncccc4c3)c(-c3ccn(C)n3)n2)cc1.Cn1ccc(-c2nc(NCCCNC3CC3)c(C#N)nc2-c2cc(Cl)c3ncccc3c2)n1.Cn1ccc(-c2nc(NCCCNc3ccc(C#N)nc3)c(C#N)nc2-c2cc(Cl)c3ncccc3c2)n1. The lowest BCUT2D eigenvalue weighted by molar-refractivity contribution is -0.116. The van der Waals surface area contributed by atoms with Crippen LogP contribution in [0.3, 0.4) is 0 Å². The number of hydrogen-bond acceptors (Lipinski definition) is 22. The molecule has 4 aromatic carbocycles. The molecule has 0 bridgehead atoms. The molecule has 0 saturated heterocycles. The number of carbonyl (C=O) groups is 1. The highest BCUT2D eigenvalue weighted by Gasteiger charge is 2.24. The molecule has 0 aliphatic heterocycles. The second-order valence-electron chi connectivity index (χ2n) is 25.0. The first-order chi connectivity index (χ1) is 52.1. The molecule has 0 atom stereocenters. The van der Waals surface area contributed by atoms with E-state index in [4.69, 9.17) is 70.0 Å². The Morgan fingerprint density at radius 1 is 0.477 bits per heavy atom. The van der Waals surface area contributed by atoms with Gasteiger partial charge in [0.15, 0.2) is 23.0 Å². The smallest absolute Gasteiger partial charge is 0.226 e. The molecule has 15 rings (SSSR count). The van der Waals surface area contributed by atoms with Crippen molar-refractivity contribution in [2.45, 2.75) is 45.1 Å². The second kappa shape index (κ2) is 33.7. The summed E-state index contributed by atoms with van der Waals surface area (Å²) in [6, 6.07) is 46.5. The number of pyridine rings is 4. The number of halogens is 3. The van der Waals surface area contributed by atoms with Gasteiger partial charge in [-0.25, -0.2) is 29.9 Å². The Hall–Kier alpha value is -12.9. The van der Waals surface area contributed by atoms with Crippen LogP contribution < -0.4 is 31.9 Å². The summed E-state index contributed by atoms with van der Waals surface area (Å²) in [4.78, 5) is 58.0. The van der Waals surface area contributed by atoms with Crippen molar-refractivity contribution in [2.75, 3.05) is 59.3 Å². The van der Waals surface area contributed by atoms with Crippen molar-refractivity contribution >= 4 is 102 Å². The molecule has 1 aliphatic rings. The van der Waals surface area contributed by atoms with Gasteiger partial charge in [0.2, 0.25) is 5.91 Å². The Bertz CT molecular complexity index is 5700. The number of anilines is 5. The fourth-order valence-electron chi connectivity index (χ4n) is 11.5. The van der Waals surface area contributed by atoms with Gasteiger partial charge in [0.05, 0.1) is 55.4 Å². The highest BCUT2D eigenvalue weighted by molar-refractivity contribution is 6.36. The molecule has 10 aromatic heterocycles. The lowest BCUT2D eigenvalue weighted by Crippen LogP contribution is -2.20. The average molecular weight is 1480 g/mol. The Kier molecular flexibility index (Phi) is 22.8. The summed E-state index contributed by atoms with van der Waals surface area (Å²) in [7, 11) is 5.53. The molecule has 0 unspecified atom stereocenters. The van der Waals surface area contributed by atoms with Crippen molar-refractivity contribution in [1.82, 2.24) is 84.5 Å². The van der Waals surface area contributed by atoms with Crippen LogP contribution in [0.25, 0.3) is 101 Å². The monoisotopic (exact) mass is 1480 g/mol. The normalized spacial score (nSPS) is 11.6. The van der Waals surface area contributed by atoms with E-state index in [-0.39, 0.29) is 23.7 Å². The van der Waals surface area contributed by atoms with Crippen LogP contribution in [0.4, 0.5) is 28.8 Å². The van der Waals surface area contributed by atoms with Gasteiger partial charge in [0, 0.05) is 136 Å². The van der Waals surface area contributed by atoms with Gasteiger partial charge in [0.1, 0.15) is 75.3 Å². The zero-order chi connectivity index (χ0) is 74.3. The number of aryl methyl sites for hydroxylation is 4. The number of rotatable bonds is 23. The zero-order valence-electron chi connectivity index (χ0n) is 58.4. The fraction of sp³-hybridized carbons (Fsp3) is 0.192. The molecule has 1 fully saturated rings. The summed E-state index contributed by atoms with van der Waals surface area (Å²) >= 11 is 19.6. The predicted molar refractivity (Wildman–Crippen MR) is 417 cm³/mol. The van der Waals surface area contributed by atoms with Crippen molar-refractivity contribution in [1.29, 1.82) is 15.8 Å². The van der Waals surface area contributed by atoms with Gasteiger partial charge in [0.25, 0.3) is 0 Å². The molecule has 1 saturated carbocycles. The number of nitrogens with zero attached hydrogens (tertiary/aromatic N) is 19. The van der Waals surface area contributed by atoms with Crippen LogP contribution in [0.5, 0.6) is 0 Å². The molecule has 0 spiro atoms. The Balaban J connectivity index is 0.000000142. The van der Waals surface area contributed by atoms with Crippen LogP contribution in [-0.2, 0) is 25.9 Å². The van der Waals surface area contributed by atoms with E-state index in [0.29, 0.717) is 138 Å². The van der Waals surface area contributed by atoms with Crippen LogP contribution in [-0.4, -0.2) is 124 Å². The number of fused-ring (bicyclic) bond motifs is 3. The third kappa shape index (κ3) is 18.0. The minimum atomic E-state index is -0.0831. The minimum absolute atomic E-state index is 0.0831. The summed E-state index contributed by atoms with van der Waals surface area (Å²) in [5.74, 6) is 1.31. The summed E-state index contributed by atoms with van der Waals surface area (Å²) in [6.45, 7) is 5.24. The maximum Gasteiger partial charge on any atom is 0.226 e. The quantitative estimate of drug-likeness (QED) is 0.0324. The molecule has 0 radical (unpaired) electrons. The largest absolute Gasteiger partial charge is 0.384 e. The van der Waals surface area contributed by atoms with Crippen LogP contribution in [0.1, 0.15) is 54.7 Å². The minimum Gasteiger partial charge on any atom is -0.384 e. The maximum atomic E-state index is 12.3. The van der Waals surface area contributed by atoms with E-state index in [1.54, 1.807) is 57.2 Å². The number of aromatic nitrogens is 16. The first-order valence-corrected chi connectivity index (χ1v) is 35.3. The van der Waals surface area contributed by atoms with E-state index in [0.717, 1.165) is 69.1 Å². The first-order valence-electron chi connectivity index (χ1n) is 34.2. The molecular weight excluding hydrogens is 1410 g/mol. The molecule has 14 aromatic rings. The van der Waals surface area contributed by atoms with E-state index in [1.165, 1.54) is 12.8 Å². The molecule has 10 heterocycles. The number of nitriles is 3. The lowest BCUT2D eigenvalue weighted by Gasteiger charge is -2.13. The Morgan fingerprint density at radius 3 is 1.39 bits per heavy atom. The van der Waals surface area contributed by atoms with E-state index in [1.807, 2.05) is 168 Å². The van der Waals surface area contributed by atoms with E-state index in [9.17, 15) is 15.3 Å². The summed E-state index contributed by atoms with van der Waals surface area (Å²) in [6.07, 6.45) is 18.4. The summed E-state index contributed by atoms with van der Waals surface area (Å²) in [5.41, 5.74) is 13.4. The number of benzene rings is 4. The average Bonchev–Trinajstić information content (AvgIpc) is 1.77. The molecular formula is C78H68Cl3N25O. The van der Waals surface area contributed by atoms with E-state index >= 15 is 0 Å². The number of hydrogen-bond donors (Lipinski definition) is 6. The van der Waals surface area contributed by atoms with Gasteiger partial charge in [-0.3, -0.25) is 38.8 Å². The number of carbonyl (C=O) groups excluding carboxylic acids is 1. The van der Waals surface area contributed by atoms with Crippen molar-refractivity contribution in [3.63, 3.8) is 0 Å². The zero-order valence-corrected chi connectivity index (χ0v) is 60.7. The standard InChI is InChI=1S/C27H21ClN10.C27H24ClN7O.C24H23ClN8/c1-38-11-7-22(37-38)26-25(18-12-17-4-2-8-32-24(17)21(28)13-18)35-23(15-30)27(36-26)33-10-3-9-31-20-6-5-19(14-29)34-16-20;1-17-5-7-20(8-6-17)32-24(36)9-12-29-23-16-31-26(27(33-23)22-10-13-35(2)34-22)19-14-18-4-3-11-30-25(18)21(28)15-19;1-33-11-7-19(32-33)23-22(16-12-15-4-2-8-28-21(15)18(25)13-16)30-20(14-26)24(31-23)29-10-3-9-27-17-5-6-17/h2,4-8,11-13,16,31H,3,9-10H2,1H3,(H,33,36);3-8,10-11,13-16H,9,12H2,1-2H3,(H,29,33)(H,32,36);2,4,7-8,11-13,17,27H,3,5-6,9-10H2,1H3,(H,29,31). The summed E-state index contributed by atoms with van der Waals surface area (Å²) in [5, 5.41) is 65.7.